The third-order valence-corrected chi connectivity index (χ3v) is 5.67. The van der Waals surface area contributed by atoms with E-state index in [1.165, 1.54) is 6.07 Å². The Morgan fingerprint density at radius 2 is 1.80 bits per heavy atom. The van der Waals surface area contributed by atoms with Crippen LogP contribution < -0.4 is 10.6 Å². The van der Waals surface area contributed by atoms with Crippen LogP contribution in [0.1, 0.15) is 18.4 Å². The van der Waals surface area contributed by atoms with Crippen molar-refractivity contribution in [2.45, 2.75) is 19.4 Å². The van der Waals surface area contributed by atoms with E-state index in [0.717, 1.165) is 31.5 Å². The highest BCUT2D eigenvalue weighted by Crippen LogP contribution is 2.34. The average Bonchev–Trinajstić information content (AvgIpc) is 3.39. The number of nitrogens with zero attached hydrogens (tertiary/aromatic N) is 5. The molecule has 1 fully saturated rings. The molecule has 5 rings (SSSR count). The van der Waals surface area contributed by atoms with E-state index >= 15 is 0 Å². The van der Waals surface area contributed by atoms with E-state index in [-0.39, 0.29) is 5.02 Å². The normalized spacial score (nSPS) is 14.0. The molecule has 2 aromatic heterocycles. The molecular formula is C22H20ClFN6. The minimum atomic E-state index is -0.474. The lowest BCUT2D eigenvalue weighted by Gasteiger charge is -2.16. The summed E-state index contributed by atoms with van der Waals surface area (Å²) in [6, 6.07) is 14.5. The smallest absolute Gasteiger partial charge is 0.228 e. The molecule has 2 N–H and O–H groups in total. The predicted molar refractivity (Wildman–Crippen MR) is 117 cm³/mol. The maximum atomic E-state index is 13.8. The molecule has 0 aliphatic carbocycles. The van der Waals surface area contributed by atoms with Crippen molar-refractivity contribution in [3.8, 4) is 11.3 Å². The van der Waals surface area contributed by atoms with Crippen LogP contribution in [0.4, 0.5) is 16.2 Å². The number of anilines is 2. The van der Waals surface area contributed by atoms with Gasteiger partial charge >= 0.3 is 0 Å². The van der Waals surface area contributed by atoms with Gasteiger partial charge in [-0.1, -0.05) is 41.9 Å². The molecule has 4 aromatic rings. The van der Waals surface area contributed by atoms with E-state index in [1.54, 1.807) is 16.8 Å². The number of rotatable bonds is 4. The van der Waals surface area contributed by atoms with Gasteiger partial charge in [-0.15, -0.1) is 5.10 Å². The van der Waals surface area contributed by atoms with Gasteiger partial charge in [0.25, 0.3) is 0 Å². The van der Waals surface area contributed by atoms with E-state index in [0.29, 0.717) is 40.6 Å². The molecule has 2 aromatic carbocycles. The van der Waals surface area contributed by atoms with Crippen molar-refractivity contribution in [2.24, 2.45) is 0 Å². The lowest BCUT2D eigenvalue weighted by Crippen LogP contribution is -2.20. The monoisotopic (exact) mass is 422 g/mol. The maximum absolute atomic E-state index is 13.8. The van der Waals surface area contributed by atoms with E-state index in [1.807, 2.05) is 30.3 Å². The summed E-state index contributed by atoms with van der Waals surface area (Å²) in [7, 11) is 0. The zero-order valence-corrected chi connectivity index (χ0v) is 17.0. The highest BCUT2D eigenvalue weighted by molar-refractivity contribution is 6.31. The molecule has 0 radical (unpaired) electrons. The average molecular weight is 423 g/mol. The number of nitrogen functional groups attached to an aromatic ring is 1. The summed E-state index contributed by atoms with van der Waals surface area (Å²) >= 11 is 6.05. The largest absolute Gasteiger partial charge is 0.383 e. The van der Waals surface area contributed by atoms with Crippen LogP contribution in [0, 0.1) is 5.82 Å². The van der Waals surface area contributed by atoms with Crippen LogP contribution in [0.2, 0.25) is 5.02 Å². The molecule has 8 heteroatoms. The number of benzene rings is 2. The molecule has 1 saturated heterocycles. The summed E-state index contributed by atoms with van der Waals surface area (Å²) in [6.45, 7) is 2.32. The fraction of sp³-hybridized carbons (Fsp3) is 0.227. The fourth-order valence-electron chi connectivity index (χ4n) is 3.83. The minimum absolute atomic E-state index is 0.0391. The van der Waals surface area contributed by atoms with E-state index in [2.05, 4.69) is 10.00 Å². The number of hydrogen-bond acceptors (Lipinski definition) is 5. The third-order valence-electron chi connectivity index (χ3n) is 5.38. The highest BCUT2D eigenvalue weighted by atomic mass is 35.5. The van der Waals surface area contributed by atoms with Crippen molar-refractivity contribution in [3.63, 3.8) is 0 Å². The Labute approximate surface area is 178 Å². The molecule has 1 aliphatic rings. The fourth-order valence-corrected chi connectivity index (χ4v) is 4.01. The van der Waals surface area contributed by atoms with Crippen molar-refractivity contribution in [3.05, 3.63) is 64.9 Å². The quantitative estimate of drug-likeness (QED) is 0.523. The summed E-state index contributed by atoms with van der Waals surface area (Å²) in [5.41, 5.74) is 9.39. The second kappa shape index (κ2) is 7.57. The molecule has 30 heavy (non-hydrogen) atoms. The third kappa shape index (κ3) is 3.35. The number of halogens is 2. The summed E-state index contributed by atoms with van der Waals surface area (Å²) in [5.74, 6) is 0.607. The molecule has 0 saturated carbocycles. The van der Waals surface area contributed by atoms with Gasteiger partial charge < -0.3 is 10.6 Å². The van der Waals surface area contributed by atoms with Crippen LogP contribution in [0.25, 0.3) is 22.3 Å². The van der Waals surface area contributed by atoms with Crippen molar-refractivity contribution in [1.82, 2.24) is 19.7 Å². The molecule has 152 valence electrons. The van der Waals surface area contributed by atoms with Crippen molar-refractivity contribution in [1.29, 1.82) is 0 Å². The Morgan fingerprint density at radius 3 is 2.53 bits per heavy atom. The first-order valence-electron chi connectivity index (χ1n) is 9.88. The number of aromatic nitrogens is 4. The zero-order valence-electron chi connectivity index (χ0n) is 16.2. The summed E-state index contributed by atoms with van der Waals surface area (Å²) < 4.78 is 15.5. The Hall–Kier alpha value is -3.19. The number of nitrogens with two attached hydrogens (primary N) is 1. The molecule has 0 unspecified atom stereocenters. The highest BCUT2D eigenvalue weighted by Gasteiger charge is 2.22. The number of fused-ring (bicyclic) bond motifs is 1. The lowest BCUT2D eigenvalue weighted by atomic mass is 10.1. The van der Waals surface area contributed by atoms with Crippen molar-refractivity contribution < 1.29 is 4.39 Å². The standard InChI is InChI=1S/C22H20ClFN6/c23-16-12-15(8-9-17(16)24)19-18-20(25)30(13-14-6-2-1-3-7-14)28-21(18)27-22(26-19)29-10-4-5-11-29/h1-3,6-9,12H,4-5,10-11,13,25H2. The predicted octanol–water partition coefficient (Wildman–Crippen LogP) is 4.52. The summed E-state index contributed by atoms with van der Waals surface area (Å²) in [4.78, 5) is 11.6. The zero-order chi connectivity index (χ0) is 20.7. The van der Waals surface area contributed by atoms with Crippen LogP contribution in [0.3, 0.4) is 0 Å². The topological polar surface area (TPSA) is 72.9 Å². The van der Waals surface area contributed by atoms with Gasteiger partial charge in [0.1, 0.15) is 11.6 Å². The van der Waals surface area contributed by atoms with Gasteiger partial charge in [-0.25, -0.2) is 14.1 Å². The van der Waals surface area contributed by atoms with E-state index in [4.69, 9.17) is 27.3 Å². The lowest BCUT2D eigenvalue weighted by molar-refractivity contribution is 0.628. The van der Waals surface area contributed by atoms with Crippen LogP contribution >= 0.6 is 11.6 Å². The summed E-state index contributed by atoms with van der Waals surface area (Å²) in [5, 5.41) is 5.36. The molecule has 0 amide bonds. The van der Waals surface area contributed by atoms with Crippen LogP contribution in [-0.2, 0) is 6.54 Å². The van der Waals surface area contributed by atoms with Crippen LogP contribution in [0.5, 0.6) is 0 Å². The second-order valence-electron chi connectivity index (χ2n) is 7.42. The Kier molecular flexibility index (Phi) is 4.75. The SMILES string of the molecule is Nc1c2c(-c3ccc(F)c(Cl)c3)nc(N3CCCC3)nc2nn1Cc1ccccc1. The molecular weight excluding hydrogens is 403 g/mol. The molecule has 6 nitrogen and oxygen atoms in total. The summed E-state index contributed by atoms with van der Waals surface area (Å²) in [6.07, 6.45) is 2.20. The van der Waals surface area contributed by atoms with Crippen molar-refractivity contribution >= 4 is 34.4 Å². The van der Waals surface area contributed by atoms with Gasteiger partial charge in [0.05, 0.1) is 22.6 Å². The Morgan fingerprint density at radius 1 is 1.03 bits per heavy atom. The van der Waals surface area contributed by atoms with Gasteiger partial charge in [-0.05, 0) is 36.6 Å². The molecule has 0 atom stereocenters. The van der Waals surface area contributed by atoms with E-state index in [9.17, 15) is 4.39 Å². The van der Waals surface area contributed by atoms with Gasteiger partial charge in [0, 0.05) is 18.7 Å². The number of hydrogen-bond donors (Lipinski definition) is 1. The van der Waals surface area contributed by atoms with Crippen molar-refractivity contribution in [2.75, 3.05) is 23.7 Å². The first-order chi connectivity index (χ1) is 14.6. The minimum Gasteiger partial charge on any atom is -0.383 e. The Bertz CT molecular complexity index is 1220. The molecule has 3 heterocycles. The van der Waals surface area contributed by atoms with Gasteiger partial charge in [0.15, 0.2) is 5.65 Å². The van der Waals surface area contributed by atoms with Gasteiger partial charge in [-0.3, -0.25) is 0 Å². The second-order valence-corrected chi connectivity index (χ2v) is 7.83. The van der Waals surface area contributed by atoms with Gasteiger partial charge in [-0.2, -0.15) is 4.98 Å². The van der Waals surface area contributed by atoms with Gasteiger partial charge in [0.2, 0.25) is 5.95 Å². The molecule has 0 spiro atoms. The Balaban J connectivity index is 1.69. The maximum Gasteiger partial charge on any atom is 0.228 e. The van der Waals surface area contributed by atoms with Crippen LogP contribution in [-0.4, -0.2) is 32.8 Å². The first kappa shape index (κ1) is 18.8. The molecule has 1 aliphatic heterocycles. The molecule has 0 bridgehead atoms. The van der Waals surface area contributed by atoms with E-state index < -0.39 is 5.82 Å². The first-order valence-corrected chi connectivity index (χ1v) is 10.3. The van der Waals surface area contributed by atoms with Crippen LogP contribution in [0.15, 0.2) is 48.5 Å².